The monoisotopic (exact) mass is 391 g/mol. The number of hydrogen-bond acceptors (Lipinski definition) is 7. The third-order valence-electron chi connectivity index (χ3n) is 3.30. The second-order valence-corrected chi connectivity index (χ2v) is 6.51. The summed E-state index contributed by atoms with van der Waals surface area (Å²) in [6, 6.07) is -3.60. The van der Waals surface area contributed by atoms with Gasteiger partial charge >= 0.3 is 5.97 Å². The van der Waals surface area contributed by atoms with Crippen LogP contribution in [0, 0.1) is 0 Å². The van der Waals surface area contributed by atoms with E-state index in [4.69, 9.17) is 22.3 Å². The maximum Gasteiger partial charge on any atom is 0.326 e. The molecule has 0 radical (unpaired) electrons. The number of amides is 4. The molecule has 0 aromatic carbocycles. The van der Waals surface area contributed by atoms with Crippen LogP contribution in [0.15, 0.2) is 0 Å². The van der Waals surface area contributed by atoms with E-state index in [9.17, 15) is 24.0 Å². The number of carbonyl (C=O) groups is 5. The molecular formula is C14H25N5O6S. The lowest BCUT2D eigenvalue weighted by atomic mass is 10.1. The topological polar surface area (TPSA) is 208 Å². The lowest BCUT2D eigenvalue weighted by molar-refractivity contribution is -0.143. The molecule has 0 aromatic rings. The Hall–Kier alpha value is -2.34. The molecule has 0 saturated carbocycles. The van der Waals surface area contributed by atoms with Gasteiger partial charge in [-0.05, 0) is 24.9 Å². The zero-order valence-electron chi connectivity index (χ0n) is 14.4. The molecule has 0 aromatic heterocycles. The van der Waals surface area contributed by atoms with Gasteiger partial charge < -0.3 is 32.9 Å². The van der Waals surface area contributed by atoms with E-state index < -0.39 is 54.1 Å². The van der Waals surface area contributed by atoms with Gasteiger partial charge in [0.1, 0.15) is 12.1 Å². The zero-order valence-corrected chi connectivity index (χ0v) is 15.2. The lowest BCUT2D eigenvalue weighted by Crippen LogP contribution is -2.55. The third-order valence-corrected chi connectivity index (χ3v) is 3.95. The third kappa shape index (κ3) is 9.84. The summed E-state index contributed by atoms with van der Waals surface area (Å²) in [6.45, 7) is 0. The molecule has 9 N–H and O–H groups in total. The summed E-state index contributed by atoms with van der Waals surface area (Å²) in [5.41, 5.74) is 15.6. The van der Waals surface area contributed by atoms with E-state index >= 15 is 0 Å². The van der Waals surface area contributed by atoms with Crippen LogP contribution in [-0.4, -0.2) is 64.8 Å². The molecule has 0 spiro atoms. The van der Waals surface area contributed by atoms with Crippen LogP contribution in [0.4, 0.5) is 0 Å². The smallest absolute Gasteiger partial charge is 0.326 e. The summed E-state index contributed by atoms with van der Waals surface area (Å²) in [5.74, 6) is -3.87. The first kappa shape index (κ1) is 23.7. The molecule has 0 rings (SSSR count). The highest BCUT2D eigenvalue weighted by Crippen LogP contribution is 2.04. The van der Waals surface area contributed by atoms with Crippen LogP contribution >= 0.6 is 11.8 Å². The minimum atomic E-state index is -1.50. The van der Waals surface area contributed by atoms with Gasteiger partial charge in [0.05, 0.1) is 12.5 Å². The van der Waals surface area contributed by atoms with Gasteiger partial charge in [0.2, 0.25) is 23.6 Å². The van der Waals surface area contributed by atoms with Gasteiger partial charge in [0.25, 0.3) is 0 Å². The van der Waals surface area contributed by atoms with E-state index in [1.54, 1.807) is 6.26 Å². The van der Waals surface area contributed by atoms with Crippen LogP contribution in [0.1, 0.15) is 25.7 Å². The van der Waals surface area contributed by atoms with Crippen molar-refractivity contribution in [2.24, 2.45) is 17.2 Å². The Morgan fingerprint density at radius 2 is 1.54 bits per heavy atom. The summed E-state index contributed by atoms with van der Waals surface area (Å²) < 4.78 is 0. The fourth-order valence-electron chi connectivity index (χ4n) is 1.89. The van der Waals surface area contributed by atoms with Gasteiger partial charge in [0, 0.05) is 6.42 Å². The number of carboxylic acid groups (broad SMARTS) is 1. The number of rotatable bonds is 13. The quantitative estimate of drug-likeness (QED) is 0.193. The van der Waals surface area contributed by atoms with E-state index in [0.717, 1.165) is 0 Å². The number of carbonyl (C=O) groups excluding carboxylic acids is 4. The summed E-state index contributed by atoms with van der Waals surface area (Å²) in [6.07, 6.45) is 1.35. The van der Waals surface area contributed by atoms with Crippen LogP contribution in [0.5, 0.6) is 0 Å². The molecule has 11 nitrogen and oxygen atoms in total. The van der Waals surface area contributed by atoms with Gasteiger partial charge in [0.15, 0.2) is 0 Å². The van der Waals surface area contributed by atoms with Crippen molar-refractivity contribution in [1.82, 2.24) is 10.6 Å². The Morgan fingerprint density at radius 3 is 2.00 bits per heavy atom. The SMILES string of the molecule is CSCCC(NC(=O)C(N)CCC(N)=O)C(=O)NC(CC(N)=O)C(=O)O. The molecule has 4 amide bonds. The zero-order chi connectivity index (χ0) is 20.3. The maximum atomic E-state index is 12.3. The molecule has 0 fully saturated rings. The van der Waals surface area contributed by atoms with Crippen LogP contribution in [0.3, 0.4) is 0 Å². The number of nitrogens with one attached hydrogen (secondary N) is 2. The highest BCUT2D eigenvalue weighted by Gasteiger charge is 2.28. The highest BCUT2D eigenvalue weighted by molar-refractivity contribution is 7.98. The first-order valence-electron chi connectivity index (χ1n) is 7.73. The minimum Gasteiger partial charge on any atom is -0.480 e. The number of aliphatic carboxylic acids is 1. The molecule has 0 aliphatic carbocycles. The van der Waals surface area contributed by atoms with Crippen LogP contribution < -0.4 is 27.8 Å². The number of nitrogens with two attached hydrogens (primary N) is 3. The normalized spacial score (nSPS) is 13.9. The molecule has 148 valence electrons. The molecule has 0 heterocycles. The Bertz CT molecular complexity index is 544. The largest absolute Gasteiger partial charge is 0.480 e. The second-order valence-electron chi connectivity index (χ2n) is 5.52. The van der Waals surface area contributed by atoms with Gasteiger partial charge in [-0.15, -0.1) is 0 Å². The van der Waals surface area contributed by atoms with E-state index in [0.29, 0.717) is 5.75 Å². The fraction of sp³-hybridized carbons (Fsp3) is 0.643. The van der Waals surface area contributed by atoms with Crippen molar-refractivity contribution in [2.45, 2.75) is 43.8 Å². The Labute approximate surface area is 154 Å². The molecule has 0 bridgehead atoms. The Balaban J connectivity index is 4.96. The number of primary amides is 2. The van der Waals surface area contributed by atoms with E-state index in [2.05, 4.69) is 10.6 Å². The lowest BCUT2D eigenvalue weighted by Gasteiger charge is -2.22. The summed E-state index contributed by atoms with van der Waals surface area (Å²) >= 11 is 1.42. The first-order chi connectivity index (χ1) is 12.1. The molecule has 0 aliphatic rings. The highest BCUT2D eigenvalue weighted by atomic mass is 32.2. The average molecular weight is 391 g/mol. The predicted molar refractivity (Wildman–Crippen MR) is 94.7 cm³/mol. The van der Waals surface area contributed by atoms with Crippen molar-refractivity contribution in [3.63, 3.8) is 0 Å². The van der Waals surface area contributed by atoms with Gasteiger partial charge in [-0.3, -0.25) is 19.2 Å². The number of hydrogen-bond donors (Lipinski definition) is 6. The molecular weight excluding hydrogens is 366 g/mol. The van der Waals surface area contributed by atoms with Crippen molar-refractivity contribution in [3.8, 4) is 0 Å². The second kappa shape index (κ2) is 12.1. The van der Waals surface area contributed by atoms with E-state index in [-0.39, 0.29) is 19.3 Å². The predicted octanol–water partition coefficient (Wildman–Crippen LogP) is -2.74. The van der Waals surface area contributed by atoms with Gasteiger partial charge in [-0.1, -0.05) is 0 Å². The van der Waals surface area contributed by atoms with E-state index in [1.165, 1.54) is 11.8 Å². The van der Waals surface area contributed by atoms with Crippen molar-refractivity contribution in [2.75, 3.05) is 12.0 Å². The van der Waals surface area contributed by atoms with Crippen molar-refractivity contribution in [3.05, 3.63) is 0 Å². The first-order valence-corrected chi connectivity index (χ1v) is 9.12. The molecule has 0 saturated heterocycles. The Morgan fingerprint density at radius 1 is 0.962 bits per heavy atom. The standard InChI is InChI=1S/C14H25N5O6S/c1-26-5-4-8(18-12(22)7(15)2-3-10(16)20)13(23)19-9(14(24)25)6-11(17)21/h7-9H,2-6,15H2,1H3,(H2,16,20)(H2,17,21)(H,18,22)(H,19,23)(H,24,25). The Kier molecular flexibility index (Phi) is 11.0. The number of thioether (sulfide) groups is 1. The summed E-state index contributed by atoms with van der Waals surface area (Å²) in [5, 5.41) is 13.6. The minimum absolute atomic E-state index is 0.0114. The van der Waals surface area contributed by atoms with Gasteiger partial charge in [-0.2, -0.15) is 11.8 Å². The molecule has 3 unspecified atom stereocenters. The number of carboxylic acids is 1. The van der Waals surface area contributed by atoms with E-state index in [1.807, 2.05) is 0 Å². The maximum absolute atomic E-state index is 12.3. The molecule has 26 heavy (non-hydrogen) atoms. The van der Waals surface area contributed by atoms with Crippen LogP contribution in [-0.2, 0) is 24.0 Å². The summed E-state index contributed by atoms with van der Waals surface area (Å²) in [4.78, 5) is 57.1. The average Bonchev–Trinajstić information content (AvgIpc) is 2.54. The summed E-state index contributed by atoms with van der Waals surface area (Å²) in [7, 11) is 0. The van der Waals surface area contributed by atoms with Crippen molar-refractivity contribution in [1.29, 1.82) is 0 Å². The van der Waals surface area contributed by atoms with Crippen molar-refractivity contribution >= 4 is 41.4 Å². The fourth-order valence-corrected chi connectivity index (χ4v) is 2.36. The van der Waals surface area contributed by atoms with Crippen LogP contribution in [0.2, 0.25) is 0 Å². The van der Waals surface area contributed by atoms with Crippen molar-refractivity contribution < 1.29 is 29.1 Å². The molecule has 3 atom stereocenters. The molecule has 12 heteroatoms. The van der Waals surface area contributed by atoms with Gasteiger partial charge in [-0.25, -0.2) is 4.79 Å². The molecule has 0 aliphatic heterocycles. The van der Waals surface area contributed by atoms with Crippen LogP contribution in [0.25, 0.3) is 0 Å².